The third kappa shape index (κ3) is 4.99. The maximum absolute atomic E-state index is 13.2. The molecule has 0 aliphatic rings. The first-order valence-electron chi connectivity index (χ1n) is 4.90. The molecule has 0 fully saturated rings. The van der Waals surface area contributed by atoms with Crippen molar-refractivity contribution in [1.29, 1.82) is 0 Å². The number of nitrogens with two attached hydrogens (primary N) is 1. The first-order valence-corrected chi connectivity index (χ1v) is 5.89. The minimum absolute atomic E-state index is 0.0232. The highest BCUT2D eigenvalue weighted by atomic mass is 32.2. The molecule has 0 atom stereocenters. The van der Waals surface area contributed by atoms with Crippen molar-refractivity contribution in [2.75, 3.05) is 11.5 Å². The second kappa shape index (κ2) is 5.31. The number of esters is 1. The van der Waals surface area contributed by atoms with E-state index in [9.17, 15) is 9.18 Å². The highest BCUT2D eigenvalue weighted by Crippen LogP contribution is 2.20. The molecule has 1 heterocycles. The Morgan fingerprint density at radius 1 is 1.59 bits per heavy atom. The first-order chi connectivity index (χ1) is 7.78. The van der Waals surface area contributed by atoms with Crippen molar-refractivity contribution < 1.29 is 13.9 Å². The summed E-state index contributed by atoms with van der Waals surface area (Å²) in [4.78, 5) is 18.6. The number of rotatable bonds is 3. The molecular weight excluding hydrogens is 245 g/mol. The van der Waals surface area contributed by atoms with Crippen molar-refractivity contribution in [3.8, 4) is 0 Å². The second-order valence-corrected chi connectivity index (χ2v) is 5.22. The van der Waals surface area contributed by atoms with Gasteiger partial charge in [0.1, 0.15) is 10.6 Å². The van der Waals surface area contributed by atoms with Crippen LogP contribution in [-0.2, 0) is 9.53 Å². The third-order valence-corrected chi connectivity index (χ3v) is 2.42. The van der Waals surface area contributed by atoms with Crippen molar-refractivity contribution in [2.24, 2.45) is 0 Å². The topological polar surface area (TPSA) is 78.1 Å². The number of nitrogen functional groups attached to an aromatic ring is 1. The van der Waals surface area contributed by atoms with Gasteiger partial charge in [0.05, 0.1) is 11.9 Å². The van der Waals surface area contributed by atoms with E-state index in [0.717, 1.165) is 18.0 Å². The van der Waals surface area contributed by atoms with Crippen LogP contribution in [0.5, 0.6) is 0 Å². The zero-order chi connectivity index (χ0) is 13.1. The van der Waals surface area contributed by atoms with Gasteiger partial charge < -0.3 is 10.5 Å². The molecule has 1 aromatic heterocycles. The summed E-state index contributed by atoms with van der Waals surface area (Å²) >= 11 is 0.929. The zero-order valence-corrected chi connectivity index (χ0v) is 10.7. The summed E-state index contributed by atoms with van der Waals surface area (Å²) in [5, 5.41) is 0.0448. The minimum Gasteiger partial charge on any atom is -0.459 e. The normalized spacial score (nSPS) is 11.3. The molecule has 17 heavy (non-hydrogen) atoms. The van der Waals surface area contributed by atoms with Crippen LogP contribution in [0.3, 0.4) is 0 Å². The monoisotopic (exact) mass is 259 g/mol. The molecule has 0 spiro atoms. The number of ether oxygens (including phenoxy) is 1. The number of carbonyl (C=O) groups excluding carboxylic acids is 1. The van der Waals surface area contributed by atoms with Gasteiger partial charge in [0, 0.05) is 0 Å². The lowest BCUT2D eigenvalue weighted by Gasteiger charge is -2.19. The lowest BCUT2D eigenvalue weighted by molar-refractivity contribution is -0.151. The molecule has 0 aliphatic heterocycles. The van der Waals surface area contributed by atoms with Crippen molar-refractivity contribution >= 4 is 23.7 Å². The predicted octanol–water partition coefficient (Wildman–Crippen LogP) is 1.63. The fourth-order valence-corrected chi connectivity index (χ4v) is 1.63. The Balaban J connectivity index is 2.56. The van der Waals surface area contributed by atoms with Crippen LogP contribution < -0.4 is 5.73 Å². The molecule has 0 amide bonds. The molecule has 94 valence electrons. The molecule has 5 nitrogen and oxygen atoms in total. The van der Waals surface area contributed by atoms with Crippen LogP contribution in [0, 0.1) is 5.82 Å². The van der Waals surface area contributed by atoms with Crippen molar-refractivity contribution in [3.63, 3.8) is 0 Å². The van der Waals surface area contributed by atoms with Crippen LogP contribution in [0.25, 0.3) is 0 Å². The van der Waals surface area contributed by atoms with Gasteiger partial charge in [0.2, 0.25) is 5.95 Å². The fraction of sp³-hybridized carbons (Fsp3) is 0.500. The molecule has 0 aliphatic carbocycles. The lowest BCUT2D eigenvalue weighted by atomic mass is 10.2. The first kappa shape index (κ1) is 13.7. The molecule has 0 saturated heterocycles. The molecule has 7 heteroatoms. The maximum Gasteiger partial charge on any atom is 0.316 e. The summed E-state index contributed by atoms with van der Waals surface area (Å²) in [5.41, 5.74) is 4.76. The summed E-state index contributed by atoms with van der Waals surface area (Å²) in [6.07, 6.45) is 0.972. The SMILES string of the molecule is CC(C)(C)OC(=O)CSc1nc(N)ncc1F. The molecule has 0 bridgehead atoms. The average molecular weight is 259 g/mol. The highest BCUT2D eigenvalue weighted by Gasteiger charge is 2.17. The van der Waals surface area contributed by atoms with Crippen LogP contribution in [0.4, 0.5) is 10.3 Å². The van der Waals surface area contributed by atoms with Gasteiger partial charge in [-0.15, -0.1) is 0 Å². The van der Waals surface area contributed by atoms with E-state index in [1.807, 2.05) is 0 Å². The van der Waals surface area contributed by atoms with Gasteiger partial charge >= 0.3 is 5.97 Å². The number of anilines is 1. The number of nitrogens with zero attached hydrogens (tertiary/aromatic N) is 2. The Bertz CT molecular complexity index is 421. The van der Waals surface area contributed by atoms with Gasteiger partial charge in [-0.1, -0.05) is 11.8 Å². The van der Waals surface area contributed by atoms with Crippen LogP contribution in [0.2, 0.25) is 0 Å². The Kier molecular flexibility index (Phi) is 4.28. The van der Waals surface area contributed by atoms with E-state index in [1.54, 1.807) is 20.8 Å². The lowest BCUT2D eigenvalue weighted by Crippen LogP contribution is -2.25. The third-order valence-electron chi connectivity index (χ3n) is 1.48. The van der Waals surface area contributed by atoms with Gasteiger partial charge in [-0.2, -0.15) is 0 Å². The summed E-state index contributed by atoms with van der Waals surface area (Å²) in [6, 6.07) is 0. The molecule has 2 N–H and O–H groups in total. The molecule has 1 aromatic rings. The number of thioether (sulfide) groups is 1. The number of hydrogen-bond donors (Lipinski definition) is 1. The number of aromatic nitrogens is 2. The van der Waals surface area contributed by atoms with E-state index in [2.05, 4.69) is 9.97 Å². The molecule has 0 radical (unpaired) electrons. The van der Waals surface area contributed by atoms with Crippen molar-refractivity contribution in [3.05, 3.63) is 12.0 Å². The Hall–Kier alpha value is -1.37. The summed E-state index contributed by atoms with van der Waals surface area (Å²) in [7, 11) is 0. The quantitative estimate of drug-likeness (QED) is 0.505. The van der Waals surface area contributed by atoms with E-state index in [4.69, 9.17) is 10.5 Å². The summed E-state index contributed by atoms with van der Waals surface area (Å²) in [6.45, 7) is 5.29. The van der Waals surface area contributed by atoms with Gasteiger partial charge in [0.15, 0.2) is 5.82 Å². The van der Waals surface area contributed by atoms with Crippen LogP contribution in [-0.4, -0.2) is 27.3 Å². The molecule has 0 aromatic carbocycles. The van der Waals surface area contributed by atoms with Gasteiger partial charge in [-0.05, 0) is 20.8 Å². The molecule has 0 unspecified atom stereocenters. The largest absolute Gasteiger partial charge is 0.459 e. The summed E-state index contributed by atoms with van der Waals surface area (Å²) < 4.78 is 18.3. The van der Waals surface area contributed by atoms with Gasteiger partial charge in [-0.3, -0.25) is 4.79 Å². The zero-order valence-electron chi connectivity index (χ0n) is 9.86. The molecule has 1 rings (SSSR count). The molecular formula is C10H14FN3O2S. The fourth-order valence-electron chi connectivity index (χ4n) is 0.964. The number of hydrogen-bond acceptors (Lipinski definition) is 6. The second-order valence-electron chi connectivity index (χ2n) is 4.26. The number of halogens is 1. The van der Waals surface area contributed by atoms with Gasteiger partial charge in [-0.25, -0.2) is 14.4 Å². The highest BCUT2D eigenvalue weighted by molar-refractivity contribution is 7.99. The van der Waals surface area contributed by atoms with E-state index in [0.29, 0.717) is 0 Å². The maximum atomic E-state index is 13.2. The van der Waals surface area contributed by atoms with E-state index in [1.165, 1.54) is 0 Å². The van der Waals surface area contributed by atoms with Crippen LogP contribution >= 0.6 is 11.8 Å². The Morgan fingerprint density at radius 2 is 2.24 bits per heavy atom. The number of carbonyl (C=O) groups is 1. The van der Waals surface area contributed by atoms with E-state index >= 15 is 0 Å². The van der Waals surface area contributed by atoms with Crippen molar-refractivity contribution in [1.82, 2.24) is 9.97 Å². The molecule has 0 saturated carbocycles. The van der Waals surface area contributed by atoms with E-state index < -0.39 is 17.4 Å². The smallest absolute Gasteiger partial charge is 0.316 e. The standard InChI is InChI=1S/C10H14FN3O2S/c1-10(2,3)16-7(15)5-17-8-6(11)4-13-9(12)14-8/h4H,5H2,1-3H3,(H2,12,13,14). The van der Waals surface area contributed by atoms with Crippen LogP contribution in [0.15, 0.2) is 11.2 Å². The Labute approximate surface area is 103 Å². The minimum atomic E-state index is -0.604. The van der Waals surface area contributed by atoms with Gasteiger partial charge in [0.25, 0.3) is 0 Å². The van der Waals surface area contributed by atoms with E-state index in [-0.39, 0.29) is 16.7 Å². The Morgan fingerprint density at radius 3 is 2.82 bits per heavy atom. The van der Waals surface area contributed by atoms with Crippen LogP contribution in [0.1, 0.15) is 20.8 Å². The summed E-state index contributed by atoms with van der Waals surface area (Å²) in [5.74, 6) is -1.09. The average Bonchev–Trinajstić information content (AvgIpc) is 2.17. The van der Waals surface area contributed by atoms with Crippen molar-refractivity contribution in [2.45, 2.75) is 31.4 Å². The predicted molar refractivity (Wildman–Crippen MR) is 63.0 cm³/mol.